The summed E-state index contributed by atoms with van der Waals surface area (Å²) in [6.45, 7) is 5.92. The van der Waals surface area contributed by atoms with Crippen LogP contribution in [0.1, 0.15) is 19.8 Å². The largest absolute Gasteiger partial charge is 0.492 e. The van der Waals surface area contributed by atoms with Crippen molar-refractivity contribution in [3.63, 3.8) is 0 Å². The van der Waals surface area contributed by atoms with Gasteiger partial charge < -0.3 is 25.5 Å². The van der Waals surface area contributed by atoms with E-state index >= 15 is 0 Å². The Morgan fingerprint density at radius 2 is 2.15 bits per heavy atom. The Morgan fingerprint density at radius 1 is 1.35 bits per heavy atom. The fourth-order valence-electron chi connectivity index (χ4n) is 3.68. The van der Waals surface area contributed by atoms with Crippen LogP contribution < -0.4 is 10.5 Å². The topological polar surface area (TPSA) is 100 Å². The molecule has 0 saturated carbocycles. The molecule has 3 aromatic heterocycles. The predicted molar refractivity (Wildman–Crippen MR) is 102 cm³/mol. The lowest BCUT2D eigenvalue weighted by molar-refractivity contribution is 0.0613. The fraction of sp³-hybridized carbons (Fsp3) is 0.474. The molecule has 0 bridgehead atoms. The number of ether oxygens (including phenoxy) is 1. The van der Waals surface area contributed by atoms with Gasteiger partial charge >= 0.3 is 0 Å². The molecule has 7 nitrogen and oxygen atoms in total. The molecule has 3 aromatic rings. The number of nitrogens with zero attached hydrogens (tertiary/aromatic N) is 3. The highest BCUT2D eigenvalue weighted by Crippen LogP contribution is 2.35. The van der Waals surface area contributed by atoms with Gasteiger partial charge in [-0.25, -0.2) is 9.97 Å². The van der Waals surface area contributed by atoms with Gasteiger partial charge in [-0.05, 0) is 38.1 Å². The highest BCUT2D eigenvalue weighted by Gasteiger charge is 2.31. The Labute approximate surface area is 152 Å². The maximum absolute atomic E-state index is 9.10. The van der Waals surface area contributed by atoms with Gasteiger partial charge in [-0.3, -0.25) is 0 Å². The van der Waals surface area contributed by atoms with E-state index in [2.05, 4.69) is 26.8 Å². The van der Waals surface area contributed by atoms with Crippen LogP contribution in [0.5, 0.6) is 5.75 Å². The minimum absolute atomic E-state index is 0.133. The first-order valence-electron chi connectivity index (χ1n) is 9.06. The normalized spacial score (nSPS) is 17.8. The highest BCUT2D eigenvalue weighted by molar-refractivity contribution is 6.09. The number of aromatic amines is 1. The van der Waals surface area contributed by atoms with Gasteiger partial charge in [-0.2, -0.15) is 0 Å². The van der Waals surface area contributed by atoms with Gasteiger partial charge in [0.05, 0.1) is 30.3 Å². The molecule has 138 valence electrons. The van der Waals surface area contributed by atoms with E-state index in [0.29, 0.717) is 12.4 Å². The van der Waals surface area contributed by atoms with Gasteiger partial charge in [0.25, 0.3) is 0 Å². The summed E-state index contributed by atoms with van der Waals surface area (Å²) in [6.07, 6.45) is 5.61. The van der Waals surface area contributed by atoms with Crippen LogP contribution in [0, 0.1) is 5.41 Å². The van der Waals surface area contributed by atoms with Crippen molar-refractivity contribution in [3.8, 4) is 5.75 Å². The van der Waals surface area contributed by atoms with Gasteiger partial charge in [0.1, 0.15) is 17.2 Å². The molecule has 1 aliphatic heterocycles. The maximum atomic E-state index is 9.10. The number of nitrogens with two attached hydrogens (primary N) is 1. The number of hydrogen-bond donors (Lipinski definition) is 3. The number of aliphatic hydroxyl groups excluding tert-OH is 1. The Balaban J connectivity index is 1.56. The third-order valence-corrected chi connectivity index (χ3v) is 5.42. The van der Waals surface area contributed by atoms with Crippen LogP contribution >= 0.6 is 0 Å². The Bertz CT molecular complexity index is 915. The Hall–Kier alpha value is -2.38. The minimum atomic E-state index is 0.133. The van der Waals surface area contributed by atoms with Crippen molar-refractivity contribution in [1.29, 1.82) is 0 Å². The summed E-state index contributed by atoms with van der Waals surface area (Å²) in [5, 5.41) is 11.0. The van der Waals surface area contributed by atoms with Crippen molar-refractivity contribution in [2.24, 2.45) is 5.41 Å². The fourth-order valence-corrected chi connectivity index (χ4v) is 3.68. The summed E-state index contributed by atoms with van der Waals surface area (Å²) in [5.41, 5.74) is 7.69. The van der Waals surface area contributed by atoms with E-state index in [1.165, 1.54) is 0 Å². The first-order valence-corrected chi connectivity index (χ1v) is 9.06. The number of nitrogens with one attached hydrogen (secondary N) is 1. The lowest BCUT2D eigenvalue weighted by Crippen LogP contribution is -2.42. The van der Waals surface area contributed by atoms with Crippen molar-refractivity contribution in [3.05, 3.63) is 24.5 Å². The predicted octanol–water partition coefficient (Wildman–Crippen LogP) is 2.17. The third-order valence-electron chi connectivity index (χ3n) is 5.42. The van der Waals surface area contributed by atoms with Crippen molar-refractivity contribution in [1.82, 2.24) is 19.9 Å². The first kappa shape index (κ1) is 17.1. The van der Waals surface area contributed by atoms with E-state index in [4.69, 9.17) is 15.6 Å². The second-order valence-corrected chi connectivity index (χ2v) is 7.48. The Kier molecular flexibility index (Phi) is 4.42. The quantitative estimate of drug-likeness (QED) is 0.648. The maximum Gasteiger partial charge on any atom is 0.142 e. The molecule has 0 aliphatic carbocycles. The molecule has 0 radical (unpaired) electrons. The molecule has 4 rings (SSSR count). The Morgan fingerprint density at radius 3 is 2.92 bits per heavy atom. The summed E-state index contributed by atoms with van der Waals surface area (Å²) in [6, 6.07) is 3.77. The summed E-state index contributed by atoms with van der Waals surface area (Å²) in [7, 11) is 0. The van der Waals surface area contributed by atoms with Gasteiger partial charge in [-0.1, -0.05) is 6.92 Å². The number of piperidine rings is 1. The summed E-state index contributed by atoms with van der Waals surface area (Å²) >= 11 is 0. The van der Waals surface area contributed by atoms with E-state index < -0.39 is 0 Å². The number of pyridine rings is 2. The summed E-state index contributed by atoms with van der Waals surface area (Å²) < 4.78 is 6.27. The van der Waals surface area contributed by atoms with E-state index in [-0.39, 0.29) is 12.0 Å². The van der Waals surface area contributed by atoms with E-state index in [9.17, 15) is 0 Å². The van der Waals surface area contributed by atoms with Crippen molar-refractivity contribution in [2.75, 3.05) is 38.6 Å². The number of β-amino-alcohol motifs (C(OH)–C–C–N with tert-alkyl or cyclic N) is 1. The van der Waals surface area contributed by atoms with Crippen LogP contribution in [0.4, 0.5) is 5.82 Å². The van der Waals surface area contributed by atoms with Crippen molar-refractivity contribution in [2.45, 2.75) is 19.8 Å². The van der Waals surface area contributed by atoms with E-state index in [0.717, 1.165) is 60.2 Å². The lowest BCUT2D eigenvalue weighted by atomic mass is 9.81. The second-order valence-electron chi connectivity index (χ2n) is 7.48. The molecule has 1 saturated heterocycles. The van der Waals surface area contributed by atoms with E-state index in [1.54, 1.807) is 12.4 Å². The molecule has 1 fully saturated rings. The third kappa shape index (κ3) is 3.20. The number of aromatic nitrogens is 3. The van der Waals surface area contributed by atoms with E-state index in [1.807, 2.05) is 12.1 Å². The molecule has 0 unspecified atom stereocenters. The molecule has 0 amide bonds. The molecule has 4 N–H and O–H groups in total. The molecule has 0 atom stereocenters. The van der Waals surface area contributed by atoms with Crippen LogP contribution in [-0.4, -0.2) is 57.8 Å². The molecule has 7 heteroatoms. The first-order chi connectivity index (χ1) is 12.6. The van der Waals surface area contributed by atoms with Crippen molar-refractivity contribution >= 4 is 27.8 Å². The number of fused-ring (bicyclic) bond motifs is 3. The smallest absolute Gasteiger partial charge is 0.142 e. The van der Waals surface area contributed by atoms with Gasteiger partial charge in [0.2, 0.25) is 0 Å². The molecular weight excluding hydrogens is 330 g/mol. The van der Waals surface area contributed by atoms with Crippen LogP contribution in [-0.2, 0) is 0 Å². The number of hydrogen-bond acceptors (Lipinski definition) is 6. The standard InChI is InChI=1S/C19H25N5O2/c1-19(3-6-24(7-4-19)8-9-25)12-26-15-2-5-21-18-17(15)13-10-16(20)22-11-14(13)23-18/h2,5,10-11,25H,3-4,6-9,12H2,1H3,(H2,20,22)(H,21,23). The average molecular weight is 355 g/mol. The number of H-pyrrole nitrogens is 1. The van der Waals surface area contributed by atoms with Crippen molar-refractivity contribution < 1.29 is 9.84 Å². The number of aliphatic hydroxyl groups is 1. The van der Waals surface area contributed by atoms with Crippen LogP contribution in [0.3, 0.4) is 0 Å². The van der Waals surface area contributed by atoms with Crippen LogP contribution in [0.2, 0.25) is 0 Å². The van der Waals surface area contributed by atoms with Gasteiger partial charge in [0, 0.05) is 23.5 Å². The summed E-state index contributed by atoms with van der Waals surface area (Å²) in [4.78, 5) is 14.1. The number of rotatable bonds is 5. The average Bonchev–Trinajstić information content (AvgIpc) is 3.01. The van der Waals surface area contributed by atoms with Gasteiger partial charge in [-0.15, -0.1) is 0 Å². The molecule has 4 heterocycles. The number of likely N-dealkylation sites (tertiary alicyclic amines) is 1. The zero-order valence-electron chi connectivity index (χ0n) is 15.0. The zero-order valence-corrected chi connectivity index (χ0v) is 15.0. The molecule has 1 aliphatic rings. The molecular formula is C19H25N5O2. The van der Waals surface area contributed by atoms with Crippen LogP contribution in [0.15, 0.2) is 24.5 Å². The summed E-state index contributed by atoms with van der Waals surface area (Å²) in [5.74, 6) is 1.31. The second kappa shape index (κ2) is 6.74. The van der Waals surface area contributed by atoms with Crippen LogP contribution in [0.25, 0.3) is 21.9 Å². The zero-order chi connectivity index (χ0) is 18.1. The van der Waals surface area contributed by atoms with Gasteiger partial charge in [0.15, 0.2) is 0 Å². The number of anilines is 1. The molecule has 0 aromatic carbocycles. The number of nitrogen functional groups attached to an aromatic ring is 1. The monoisotopic (exact) mass is 355 g/mol. The molecule has 0 spiro atoms. The highest BCUT2D eigenvalue weighted by atomic mass is 16.5. The minimum Gasteiger partial charge on any atom is -0.492 e. The SMILES string of the molecule is CC1(COc2ccnc3[nH]c4cnc(N)cc4c23)CCN(CCO)CC1. The lowest BCUT2D eigenvalue weighted by Gasteiger charge is -2.38. The molecule has 26 heavy (non-hydrogen) atoms.